The van der Waals surface area contributed by atoms with E-state index in [2.05, 4.69) is 32.3 Å². The molecular weight excluding hydrogens is 319 g/mol. The molecule has 1 heterocycles. The van der Waals surface area contributed by atoms with Crippen LogP contribution in [0.1, 0.15) is 5.56 Å². The van der Waals surface area contributed by atoms with Crippen LogP contribution in [0.15, 0.2) is 59.2 Å². The van der Waals surface area contributed by atoms with Crippen molar-refractivity contribution in [2.75, 3.05) is 5.32 Å². The van der Waals surface area contributed by atoms with E-state index in [1.165, 1.54) is 6.07 Å². The summed E-state index contributed by atoms with van der Waals surface area (Å²) in [5, 5.41) is 4.39. The average Bonchev–Trinajstić information content (AvgIpc) is 2.48. The van der Waals surface area contributed by atoms with E-state index < -0.39 is 0 Å². The molecule has 0 amide bonds. The van der Waals surface area contributed by atoms with Gasteiger partial charge in [-0.1, -0.05) is 12.1 Å². The summed E-state index contributed by atoms with van der Waals surface area (Å²) in [4.78, 5) is 4.29. The minimum atomic E-state index is -0.257. The van der Waals surface area contributed by atoms with Crippen LogP contribution < -0.4 is 5.32 Å². The first kappa shape index (κ1) is 13.1. The Morgan fingerprint density at radius 3 is 2.85 bits per heavy atom. The molecule has 0 bridgehead atoms. The Hall–Kier alpha value is -1.94. The predicted molar refractivity (Wildman–Crippen MR) is 83.2 cm³/mol. The van der Waals surface area contributed by atoms with Gasteiger partial charge < -0.3 is 5.32 Å². The standard InChI is InChI=1S/C16H12BrFN2/c17-14-9-13(4-5-15(14)18)20-10-11-3-6-16-12(8-11)2-1-7-19-16/h1-9,20H,10H2. The van der Waals surface area contributed by atoms with Gasteiger partial charge in [-0.05, 0) is 57.9 Å². The van der Waals surface area contributed by atoms with Crippen LogP contribution in [0, 0.1) is 5.82 Å². The number of hydrogen-bond donors (Lipinski definition) is 1. The second-order valence-corrected chi connectivity index (χ2v) is 5.37. The van der Waals surface area contributed by atoms with E-state index in [0.29, 0.717) is 11.0 Å². The lowest BCUT2D eigenvalue weighted by molar-refractivity contribution is 0.621. The van der Waals surface area contributed by atoms with Gasteiger partial charge >= 0.3 is 0 Å². The highest BCUT2D eigenvalue weighted by atomic mass is 79.9. The van der Waals surface area contributed by atoms with E-state index in [4.69, 9.17) is 0 Å². The fourth-order valence-electron chi connectivity index (χ4n) is 2.05. The lowest BCUT2D eigenvalue weighted by Gasteiger charge is -2.08. The molecule has 20 heavy (non-hydrogen) atoms. The van der Waals surface area contributed by atoms with Crippen LogP contribution in [-0.2, 0) is 6.54 Å². The van der Waals surface area contributed by atoms with Crippen molar-refractivity contribution < 1.29 is 4.39 Å². The average molecular weight is 331 g/mol. The van der Waals surface area contributed by atoms with E-state index in [9.17, 15) is 4.39 Å². The molecule has 2 aromatic carbocycles. The summed E-state index contributed by atoms with van der Waals surface area (Å²) < 4.78 is 13.6. The lowest BCUT2D eigenvalue weighted by Crippen LogP contribution is -1.99. The second kappa shape index (κ2) is 5.59. The van der Waals surface area contributed by atoms with Crippen LogP contribution in [0.2, 0.25) is 0 Å². The summed E-state index contributed by atoms with van der Waals surface area (Å²) in [7, 11) is 0. The van der Waals surface area contributed by atoms with Gasteiger partial charge in [0.25, 0.3) is 0 Å². The van der Waals surface area contributed by atoms with Gasteiger partial charge in [0, 0.05) is 23.8 Å². The van der Waals surface area contributed by atoms with E-state index >= 15 is 0 Å². The molecule has 0 saturated heterocycles. The number of anilines is 1. The highest BCUT2D eigenvalue weighted by Gasteiger charge is 2.01. The summed E-state index contributed by atoms with van der Waals surface area (Å²) >= 11 is 3.18. The highest BCUT2D eigenvalue weighted by molar-refractivity contribution is 9.10. The summed E-state index contributed by atoms with van der Waals surface area (Å²) in [5.74, 6) is -0.257. The molecule has 0 spiro atoms. The van der Waals surface area contributed by atoms with Gasteiger partial charge in [-0.25, -0.2) is 4.39 Å². The van der Waals surface area contributed by atoms with E-state index in [0.717, 1.165) is 22.2 Å². The second-order valence-electron chi connectivity index (χ2n) is 4.51. The molecule has 0 aliphatic rings. The van der Waals surface area contributed by atoms with E-state index in [1.54, 1.807) is 18.3 Å². The third-order valence-corrected chi connectivity index (χ3v) is 3.69. The normalized spacial score (nSPS) is 10.7. The zero-order chi connectivity index (χ0) is 13.9. The third kappa shape index (κ3) is 2.80. The highest BCUT2D eigenvalue weighted by Crippen LogP contribution is 2.21. The maximum atomic E-state index is 13.2. The Morgan fingerprint density at radius 1 is 1.10 bits per heavy atom. The first-order valence-corrected chi connectivity index (χ1v) is 7.04. The molecule has 0 unspecified atom stereocenters. The molecule has 4 heteroatoms. The van der Waals surface area contributed by atoms with Crippen molar-refractivity contribution in [3.63, 3.8) is 0 Å². The van der Waals surface area contributed by atoms with Gasteiger partial charge in [-0.3, -0.25) is 4.98 Å². The van der Waals surface area contributed by atoms with Crippen LogP contribution >= 0.6 is 15.9 Å². The monoisotopic (exact) mass is 330 g/mol. The number of nitrogens with one attached hydrogen (secondary N) is 1. The molecule has 1 N–H and O–H groups in total. The van der Waals surface area contributed by atoms with Gasteiger partial charge in [0.05, 0.1) is 9.99 Å². The van der Waals surface area contributed by atoms with Gasteiger partial charge in [0.2, 0.25) is 0 Å². The molecule has 0 atom stereocenters. The number of halogens is 2. The summed E-state index contributed by atoms with van der Waals surface area (Å²) in [5.41, 5.74) is 3.02. The number of benzene rings is 2. The molecule has 2 nitrogen and oxygen atoms in total. The number of fused-ring (bicyclic) bond motifs is 1. The first-order valence-electron chi connectivity index (χ1n) is 6.25. The number of nitrogens with zero attached hydrogens (tertiary/aromatic N) is 1. The summed E-state index contributed by atoms with van der Waals surface area (Å²) in [6.07, 6.45) is 1.79. The lowest BCUT2D eigenvalue weighted by atomic mass is 10.1. The maximum absolute atomic E-state index is 13.2. The van der Waals surface area contributed by atoms with Crippen molar-refractivity contribution in [3.8, 4) is 0 Å². The quantitative estimate of drug-likeness (QED) is 0.749. The Morgan fingerprint density at radius 2 is 2.00 bits per heavy atom. The fourth-order valence-corrected chi connectivity index (χ4v) is 2.42. The zero-order valence-corrected chi connectivity index (χ0v) is 12.2. The van der Waals surface area contributed by atoms with Crippen LogP contribution in [0.3, 0.4) is 0 Å². The molecule has 0 saturated carbocycles. The van der Waals surface area contributed by atoms with Gasteiger partial charge in [0.1, 0.15) is 5.82 Å². The maximum Gasteiger partial charge on any atom is 0.137 e. The van der Waals surface area contributed by atoms with Gasteiger partial charge in [-0.15, -0.1) is 0 Å². The van der Waals surface area contributed by atoms with Crippen molar-refractivity contribution in [1.82, 2.24) is 4.98 Å². The molecular formula is C16H12BrFN2. The molecule has 0 aliphatic carbocycles. The van der Waals surface area contributed by atoms with E-state index in [1.807, 2.05) is 24.3 Å². The van der Waals surface area contributed by atoms with Gasteiger partial charge in [0.15, 0.2) is 0 Å². The molecule has 3 rings (SSSR count). The molecule has 0 radical (unpaired) electrons. The van der Waals surface area contributed by atoms with Crippen molar-refractivity contribution in [1.29, 1.82) is 0 Å². The van der Waals surface area contributed by atoms with Crippen LogP contribution in [0.5, 0.6) is 0 Å². The Balaban J connectivity index is 1.77. The first-order chi connectivity index (χ1) is 9.72. The van der Waals surface area contributed by atoms with Crippen molar-refractivity contribution >= 4 is 32.5 Å². The Bertz CT molecular complexity index is 758. The minimum Gasteiger partial charge on any atom is -0.381 e. The summed E-state index contributed by atoms with van der Waals surface area (Å²) in [6, 6.07) is 15.0. The molecule has 0 aliphatic heterocycles. The van der Waals surface area contributed by atoms with Crippen LogP contribution in [0.4, 0.5) is 10.1 Å². The van der Waals surface area contributed by atoms with Crippen molar-refractivity contribution in [2.45, 2.75) is 6.54 Å². The van der Waals surface area contributed by atoms with Gasteiger partial charge in [-0.2, -0.15) is 0 Å². The smallest absolute Gasteiger partial charge is 0.137 e. The zero-order valence-electron chi connectivity index (χ0n) is 10.6. The molecule has 0 fully saturated rings. The van der Waals surface area contributed by atoms with Crippen LogP contribution in [-0.4, -0.2) is 4.98 Å². The largest absolute Gasteiger partial charge is 0.381 e. The Labute approximate surface area is 124 Å². The molecule has 3 aromatic rings. The number of hydrogen-bond acceptors (Lipinski definition) is 2. The number of aromatic nitrogens is 1. The Kier molecular flexibility index (Phi) is 3.65. The number of rotatable bonds is 3. The van der Waals surface area contributed by atoms with Crippen molar-refractivity contribution in [3.05, 3.63) is 70.6 Å². The third-order valence-electron chi connectivity index (χ3n) is 3.08. The topological polar surface area (TPSA) is 24.9 Å². The minimum absolute atomic E-state index is 0.257. The van der Waals surface area contributed by atoms with E-state index in [-0.39, 0.29) is 5.82 Å². The summed E-state index contributed by atoms with van der Waals surface area (Å²) in [6.45, 7) is 0.683. The SMILES string of the molecule is Fc1ccc(NCc2ccc3ncccc3c2)cc1Br. The number of pyridine rings is 1. The van der Waals surface area contributed by atoms with Crippen molar-refractivity contribution in [2.24, 2.45) is 0 Å². The fraction of sp³-hybridized carbons (Fsp3) is 0.0625. The predicted octanol–water partition coefficient (Wildman–Crippen LogP) is 4.75. The molecule has 1 aromatic heterocycles. The molecule has 100 valence electrons. The van der Waals surface area contributed by atoms with Crippen LogP contribution in [0.25, 0.3) is 10.9 Å².